The second-order valence-corrected chi connectivity index (χ2v) is 5.48. The zero-order chi connectivity index (χ0) is 17.3. The van der Waals surface area contributed by atoms with Crippen LogP contribution in [0.25, 0.3) is 11.2 Å². The number of aromatic nitrogens is 4. The molecule has 0 radical (unpaired) electrons. The highest BCUT2D eigenvalue weighted by molar-refractivity contribution is 5.71. The number of carboxylic acids is 1. The summed E-state index contributed by atoms with van der Waals surface area (Å²) in [5.41, 5.74) is 0.378. The van der Waals surface area contributed by atoms with Gasteiger partial charge in [-0.3, -0.25) is 19.1 Å². The van der Waals surface area contributed by atoms with Crippen LogP contribution < -0.4 is 11.2 Å². The van der Waals surface area contributed by atoms with Crippen molar-refractivity contribution in [3.8, 4) is 0 Å². The summed E-state index contributed by atoms with van der Waals surface area (Å²) in [6.07, 6.45) is 0.0639. The van der Waals surface area contributed by atoms with Crippen LogP contribution in [-0.4, -0.2) is 30.2 Å². The highest BCUT2D eigenvalue weighted by Crippen LogP contribution is 2.15. The Labute approximate surface area is 136 Å². The molecule has 2 aromatic heterocycles. The first-order valence-corrected chi connectivity index (χ1v) is 7.41. The molecule has 0 aliphatic heterocycles. The van der Waals surface area contributed by atoms with Crippen molar-refractivity contribution in [2.45, 2.75) is 19.4 Å². The molecule has 2 heterocycles. The summed E-state index contributed by atoms with van der Waals surface area (Å²) in [5, 5.41) is 8.92. The molecule has 124 valence electrons. The number of H-pyrrole nitrogens is 1. The summed E-state index contributed by atoms with van der Waals surface area (Å²) in [7, 11) is 1.52. The van der Waals surface area contributed by atoms with Crippen molar-refractivity contribution in [3.63, 3.8) is 0 Å². The Hall–Kier alpha value is -3.16. The number of nitrogens with one attached hydrogen (secondary N) is 1. The maximum Gasteiger partial charge on any atom is 0.329 e. The molecule has 0 atom stereocenters. The lowest BCUT2D eigenvalue weighted by molar-refractivity contribution is -0.137. The lowest BCUT2D eigenvalue weighted by Crippen LogP contribution is -2.29. The zero-order valence-electron chi connectivity index (χ0n) is 13.0. The third kappa shape index (κ3) is 2.85. The fraction of sp³-hybridized carbons (Fsp3) is 0.250. The lowest BCUT2D eigenvalue weighted by atomic mass is 10.2. The summed E-state index contributed by atoms with van der Waals surface area (Å²) < 4.78 is 2.92. The Kier molecular flexibility index (Phi) is 4.03. The molecule has 0 saturated carbocycles. The average molecular weight is 328 g/mol. The number of imidazole rings is 1. The van der Waals surface area contributed by atoms with Crippen LogP contribution in [-0.2, 0) is 24.8 Å². The van der Waals surface area contributed by atoms with Crippen molar-refractivity contribution in [2.24, 2.45) is 7.05 Å². The number of carbonyl (C=O) groups is 1. The number of aromatic amines is 1. The predicted octanol–water partition coefficient (Wildman–Crippen LogP) is 0.489. The van der Waals surface area contributed by atoms with Crippen LogP contribution in [0.2, 0.25) is 0 Å². The number of rotatable bonds is 5. The highest BCUT2D eigenvalue weighted by atomic mass is 16.4. The molecule has 0 spiro atoms. The molecule has 0 fully saturated rings. The predicted molar refractivity (Wildman–Crippen MR) is 87.1 cm³/mol. The van der Waals surface area contributed by atoms with Gasteiger partial charge in [0, 0.05) is 20.0 Å². The molecule has 1 aromatic carbocycles. The Morgan fingerprint density at radius 2 is 1.96 bits per heavy atom. The van der Waals surface area contributed by atoms with E-state index in [-0.39, 0.29) is 24.0 Å². The van der Waals surface area contributed by atoms with Gasteiger partial charge in [-0.1, -0.05) is 30.3 Å². The number of carboxylic acid groups (broad SMARTS) is 1. The van der Waals surface area contributed by atoms with Gasteiger partial charge in [0.1, 0.15) is 5.82 Å². The van der Waals surface area contributed by atoms with Gasteiger partial charge < -0.3 is 9.67 Å². The Balaban J connectivity index is 2.20. The Morgan fingerprint density at radius 1 is 1.25 bits per heavy atom. The first-order chi connectivity index (χ1) is 11.5. The van der Waals surface area contributed by atoms with Gasteiger partial charge in [0.2, 0.25) is 0 Å². The van der Waals surface area contributed by atoms with Crippen LogP contribution in [0.4, 0.5) is 0 Å². The topological polar surface area (TPSA) is 110 Å². The largest absolute Gasteiger partial charge is 0.481 e. The van der Waals surface area contributed by atoms with E-state index >= 15 is 0 Å². The number of aliphatic carboxylic acids is 1. The van der Waals surface area contributed by atoms with Crippen LogP contribution in [0.1, 0.15) is 17.8 Å². The van der Waals surface area contributed by atoms with Crippen molar-refractivity contribution < 1.29 is 9.90 Å². The minimum Gasteiger partial charge on any atom is -0.481 e. The van der Waals surface area contributed by atoms with E-state index in [1.807, 2.05) is 30.3 Å². The quantitative estimate of drug-likeness (QED) is 0.708. The molecule has 24 heavy (non-hydrogen) atoms. The fourth-order valence-corrected chi connectivity index (χ4v) is 2.63. The SMILES string of the molecule is Cn1c(=O)[nH]c(=O)c2c1nc(CCC(=O)O)n2Cc1ccccc1. The van der Waals surface area contributed by atoms with Crippen LogP contribution in [0.3, 0.4) is 0 Å². The van der Waals surface area contributed by atoms with Gasteiger partial charge in [-0.05, 0) is 5.56 Å². The van der Waals surface area contributed by atoms with Crippen LogP contribution in [0.5, 0.6) is 0 Å². The van der Waals surface area contributed by atoms with Crippen LogP contribution >= 0.6 is 0 Å². The van der Waals surface area contributed by atoms with Crippen LogP contribution in [0, 0.1) is 0 Å². The van der Waals surface area contributed by atoms with E-state index in [9.17, 15) is 14.4 Å². The molecule has 3 rings (SSSR count). The molecule has 2 N–H and O–H groups in total. The first kappa shape index (κ1) is 15.7. The minimum atomic E-state index is -0.948. The van der Waals surface area contributed by atoms with Gasteiger partial charge in [0.25, 0.3) is 5.56 Å². The van der Waals surface area contributed by atoms with Gasteiger partial charge in [-0.2, -0.15) is 0 Å². The van der Waals surface area contributed by atoms with Gasteiger partial charge in [-0.15, -0.1) is 0 Å². The molecular weight excluding hydrogens is 312 g/mol. The standard InChI is InChI=1S/C16H16N4O4/c1-19-14-13(15(23)18-16(19)24)20(9-10-5-3-2-4-6-10)11(17-14)7-8-12(21)22/h2-6H,7-9H2,1H3,(H,21,22)(H,18,23,24). The molecule has 0 unspecified atom stereocenters. The number of hydrogen-bond donors (Lipinski definition) is 2. The van der Waals surface area contributed by atoms with Crippen LogP contribution in [0.15, 0.2) is 39.9 Å². The molecule has 3 aromatic rings. The third-order valence-electron chi connectivity index (χ3n) is 3.83. The number of benzene rings is 1. The molecule has 0 aliphatic rings. The van der Waals surface area contributed by atoms with Crippen molar-refractivity contribution >= 4 is 17.1 Å². The van der Waals surface area contributed by atoms with E-state index in [4.69, 9.17) is 5.11 Å². The third-order valence-corrected chi connectivity index (χ3v) is 3.83. The molecule has 0 aliphatic carbocycles. The second kappa shape index (κ2) is 6.15. The summed E-state index contributed by atoms with van der Waals surface area (Å²) in [4.78, 5) is 41.5. The summed E-state index contributed by atoms with van der Waals surface area (Å²) in [5.74, 6) is -0.487. The first-order valence-electron chi connectivity index (χ1n) is 7.41. The maximum absolute atomic E-state index is 12.3. The second-order valence-electron chi connectivity index (χ2n) is 5.48. The molecule has 0 amide bonds. The molecule has 0 saturated heterocycles. The minimum absolute atomic E-state index is 0.107. The maximum atomic E-state index is 12.3. The Morgan fingerprint density at radius 3 is 2.62 bits per heavy atom. The monoisotopic (exact) mass is 328 g/mol. The number of aryl methyl sites for hydroxylation is 2. The van der Waals surface area contributed by atoms with Gasteiger partial charge in [0.15, 0.2) is 11.2 Å². The van der Waals surface area contributed by atoms with Crippen molar-refractivity contribution in [1.82, 2.24) is 19.1 Å². The summed E-state index contributed by atoms with van der Waals surface area (Å²) in [6, 6.07) is 9.46. The van der Waals surface area contributed by atoms with E-state index in [2.05, 4.69) is 9.97 Å². The highest BCUT2D eigenvalue weighted by Gasteiger charge is 2.18. The summed E-state index contributed by atoms with van der Waals surface area (Å²) in [6.45, 7) is 0.369. The fourth-order valence-electron chi connectivity index (χ4n) is 2.63. The van der Waals surface area contributed by atoms with Gasteiger partial charge in [0.05, 0.1) is 6.42 Å². The number of nitrogens with zero attached hydrogens (tertiary/aromatic N) is 3. The Bertz CT molecular complexity index is 1010. The van der Waals surface area contributed by atoms with E-state index in [0.717, 1.165) is 5.56 Å². The van der Waals surface area contributed by atoms with Gasteiger partial charge >= 0.3 is 11.7 Å². The normalized spacial score (nSPS) is 11.0. The van der Waals surface area contributed by atoms with Gasteiger partial charge in [-0.25, -0.2) is 9.78 Å². The smallest absolute Gasteiger partial charge is 0.329 e. The molecule has 8 nitrogen and oxygen atoms in total. The molecular formula is C16H16N4O4. The summed E-state index contributed by atoms with van der Waals surface area (Å²) >= 11 is 0. The molecule has 0 bridgehead atoms. The van der Waals surface area contributed by atoms with Crippen molar-refractivity contribution in [2.75, 3.05) is 0 Å². The lowest BCUT2D eigenvalue weighted by Gasteiger charge is -2.08. The molecule has 8 heteroatoms. The van der Waals surface area contributed by atoms with E-state index in [1.165, 1.54) is 11.6 Å². The van der Waals surface area contributed by atoms with Crippen molar-refractivity contribution in [3.05, 3.63) is 62.6 Å². The van der Waals surface area contributed by atoms with E-state index < -0.39 is 17.2 Å². The van der Waals surface area contributed by atoms with Crippen molar-refractivity contribution in [1.29, 1.82) is 0 Å². The average Bonchev–Trinajstić information content (AvgIpc) is 2.91. The van der Waals surface area contributed by atoms with E-state index in [0.29, 0.717) is 12.4 Å². The number of fused-ring (bicyclic) bond motifs is 1. The number of hydrogen-bond acceptors (Lipinski definition) is 4. The zero-order valence-corrected chi connectivity index (χ0v) is 13.0. The van der Waals surface area contributed by atoms with E-state index in [1.54, 1.807) is 4.57 Å².